The number of carbonyl (C=O) groups is 3. The lowest BCUT2D eigenvalue weighted by Gasteiger charge is -2.38. The molecule has 1 atom stereocenters. The highest BCUT2D eigenvalue weighted by molar-refractivity contribution is 6.31. The van der Waals surface area contributed by atoms with Crippen LogP contribution in [0.1, 0.15) is 38.7 Å². The summed E-state index contributed by atoms with van der Waals surface area (Å²) in [4.78, 5) is 42.5. The Morgan fingerprint density at radius 1 is 0.957 bits per heavy atom. The van der Waals surface area contributed by atoms with Crippen LogP contribution in [0.4, 0.5) is 21.0 Å². The molecule has 47 heavy (non-hydrogen) atoms. The lowest BCUT2D eigenvalue weighted by Crippen LogP contribution is -2.58. The Hall–Kier alpha value is -4.84. The Kier molecular flexibility index (Phi) is 10.2. The van der Waals surface area contributed by atoms with Crippen molar-refractivity contribution in [2.24, 2.45) is 5.10 Å². The van der Waals surface area contributed by atoms with Gasteiger partial charge in [0.1, 0.15) is 5.75 Å². The van der Waals surface area contributed by atoms with Crippen molar-refractivity contribution in [1.29, 1.82) is 0 Å². The molecule has 1 aliphatic rings. The van der Waals surface area contributed by atoms with E-state index in [1.165, 1.54) is 11.1 Å². The van der Waals surface area contributed by atoms with Crippen molar-refractivity contribution in [3.8, 4) is 5.75 Å². The molecule has 13 heteroatoms. The second-order valence-corrected chi connectivity index (χ2v) is 12.4. The van der Waals surface area contributed by atoms with Gasteiger partial charge in [-0.3, -0.25) is 14.9 Å². The van der Waals surface area contributed by atoms with Gasteiger partial charge in [-0.2, -0.15) is 10.2 Å². The van der Waals surface area contributed by atoms with Gasteiger partial charge < -0.3 is 15.3 Å². The predicted octanol–water partition coefficient (Wildman–Crippen LogP) is 7.44. The van der Waals surface area contributed by atoms with Crippen molar-refractivity contribution >= 4 is 69.5 Å². The lowest BCUT2D eigenvalue weighted by molar-refractivity contribution is -0.121. The average Bonchev–Trinajstić information content (AvgIpc) is 3.25. The number of hydroxylamine groups is 2. The van der Waals surface area contributed by atoms with Crippen LogP contribution in [0, 0.1) is 0 Å². The summed E-state index contributed by atoms with van der Waals surface area (Å²) in [5.41, 5.74) is 2.78. The minimum atomic E-state index is -1.12. The molecule has 0 aliphatic carbocycles. The number of hydrogen-bond acceptors (Lipinski definition) is 6. The summed E-state index contributed by atoms with van der Waals surface area (Å²) >= 11 is 12.0. The number of benzene rings is 4. The number of rotatable bonds is 10. The van der Waals surface area contributed by atoms with Gasteiger partial charge in [-0.05, 0) is 92.1 Å². The first-order valence-corrected chi connectivity index (χ1v) is 15.7. The van der Waals surface area contributed by atoms with Gasteiger partial charge >= 0.3 is 12.1 Å². The maximum atomic E-state index is 13.9. The molecule has 4 aromatic rings. The van der Waals surface area contributed by atoms with Crippen LogP contribution in [0.5, 0.6) is 5.75 Å². The van der Waals surface area contributed by atoms with E-state index in [0.717, 1.165) is 10.8 Å². The van der Waals surface area contributed by atoms with E-state index < -0.39 is 23.8 Å². The molecular weight excluding hydrogens is 643 g/mol. The molecule has 244 valence electrons. The van der Waals surface area contributed by atoms with E-state index in [1.54, 1.807) is 79.4 Å². The summed E-state index contributed by atoms with van der Waals surface area (Å²) in [7, 11) is 0. The topological polar surface area (TPSA) is 138 Å². The highest BCUT2D eigenvalue weighted by atomic mass is 35.5. The van der Waals surface area contributed by atoms with Crippen molar-refractivity contribution < 1.29 is 24.7 Å². The lowest BCUT2D eigenvalue weighted by atomic mass is 9.99. The van der Waals surface area contributed by atoms with Gasteiger partial charge in [0, 0.05) is 39.9 Å². The number of urea groups is 2. The summed E-state index contributed by atoms with van der Waals surface area (Å²) in [6, 6.07) is 22.6. The number of amides is 5. The largest absolute Gasteiger partial charge is 0.507 e. The van der Waals surface area contributed by atoms with Gasteiger partial charge in [0.2, 0.25) is 5.91 Å². The summed E-state index contributed by atoms with van der Waals surface area (Å²) in [5.74, 6) is -0.275. The number of hydrogen-bond donors (Lipinski definition) is 4. The Labute approximate surface area is 281 Å². The maximum Gasteiger partial charge on any atom is 0.347 e. The van der Waals surface area contributed by atoms with Crippen molar-refractivity contribution in [3.05, 3.63) is 101 Å². The van der Waals surface area contributed by atoms with Crippen LogP contribution in [0.2, 0.25) is 10.0 Å². The van der Waals surface area contributed by atoms with E-state index >= 15 is 0 Å². The number of hydrazone groups is 1. The first-order valence-electron chi connectivity index (χ1n) is 14.9. The zero-order valence-electron chi connectivity index (χ0n) is 25.7. The molecule has 4 aromatic carbocycles. The Balaban J connectivity index is 1.23. The molecule has 0 saturated carbocycles. The van der Waals surface area contributed by atoms with Crippen LogP contribution in [0.25, 0.3) is 10.8 Å². The fourth-order valence-electron chi connectivity index (χ4n) is 5.61. The molecule has 5 rings (SSSR count). The minimum absolute atomic E-state index is 0.0504. The number of carbonyl (C=O) groups excluding carboxylic acids is 3. The molecule has 0 bridgehead atoms. The third-order valence-electron chi connectivity index (χ3n) is 8.02. The van der Waals surface area contributed by atoms with Crippen LogP contribution in [-0.2, 0) is 4.79 Å². The molecule has 4 N–H and O–H groups in total. The standard InChI is InChI=1S/C34H34Cl2N6O5/c1-34(2)31(42(47)32(45)38-25-15-11-23(35)12-16-25)41(26-17-13-24(36)14-18-26)33(46)40(34)20-6-5-9-30(44)39-37-21-28-27-8-4-3-7-22(27)10-19-29(28)43/h3-4,7-8,10-19,21,31,43,47H,5-6,9,20H2,1-2H3,(H,38,45)(H,39,44)/b37-21-. The third kappa shape index (κ3) is 7.43. The summed E-state index contributed by atoms with van der Waals surface area (Å²) < 4.78 is 0. The highest BCUT2D eigenvalue weighted by Crippen LogP contribution is 2.38. The monoisotopic (exact) mass is 676 g/mol. The molecule has 1 saturated heterocycles. The summed E-state index contributed by atoms with van der Waals surface area (Å²) in [6.45, 7) is 3.77. The van der Waals surface area contributed by atoms with E-state index in [-0.39, 0.29) is 24.6 Å². The fourth-order valence-corrected chi connectivity index (χ4v) is 5.86. The Morgan fingerprint density at radius 2 is 1.62 bits per heavy atom. The van der Waals surface area contributed by atoms with Crippen LogP contribution in [-0.4, -0.2) is 62.7 Å². The van der Waals surface area contributed by atoms with E-state index in [0.29, 0.717) is 44.9 Å². The third-order valence-corrected chi connectivity index (χ3v) is 8.52. The number of phenols is 1. The van der Waals surface area contributed by atoms with Crippen LogP contribution in [0.15, 0.2) is 90.0 Å². The molecule has 1 fully saturated rings. The van der Waals surface area contributed by atoms with Gasteiger partial charge in [0.15, 0.2) is 6.17 Å². The van der Waals surface area contributed by atoms with E-state index in [9.17, 15) is 24.7 Å². The first kappa shape index (κ1) is 33.5. The van der Waals surface area contributed by atoms with E-state index in [1.807, 2.05) is 24.3 Å². The number of nitrogens with one attached hydrogen (secondary N) is 2. The van der Waals surface area contributed by atoms with Gasteiger partial charge in [0.25, 0.3) is 0 Å². The number of nitrogens with zero attached hydrogens (tertiary/aromatic N) is 4. The average molecular weight is 678 g/mol. The number of phenolic OH excluding ortho intramolecular Hbond substituents is 1. The normalized spacial score (nSPS) is 15.8. The first-order chi connectivity index (χ1) is 22.5. The predicted molar refractivity (Wildman–Crippen MR) is 183 cm³/mol. The molecule has 5 amide bonds. The zero-order chi connectivity index (χ0) is 33.7. The van der Waals surface area contributed by atoms with Gasteiger partial charge in [-0.1, -0.05) is 53.5 Å². The van der Waals surface area contributed by atoms with Gasteiger partial charge in [-0.15, -0.1) is 0 Å². The van der Waals surface area contributed by atoms with Gasteiger partial charge in [0.05, 0.1) is 11.8 Å². The quantitative estimate of drug-likeness (QED) is 0.0598. The zero-order valence-corrected chi connectivity index (χ0v) is 27.2. The molecule has 0 aromatic heterocycles. The smallest absolute Gasteiger partial charge is 0.347 e. The fraction of sp³-hybridized carbons (Fsp3) is 0.235. The Morgan fingerprint density at radius 3 is 2.32 bits per heavy atom. The number of anilines is 2. The molecule has 1 heterocycles. The molecule has 0 radical (unpaired) electrons. The van der Waals surface area contributed by atoms with Crippen molar-refractivity contribution in [2.75, 3.05) is 16.8 Å². The van der Waals surface area contributed by atoms with Gasteiger partial charge in [-0.25, -0.2) is 15.0 Å². The summed E-state index contributed by atoms with van der Waals surface area (Å²) in [6.07, 6.45) is 1.33. The number of fused-ring (bicyclic) bond motifs is 1. The minimum Gasteiger partial charge on any atom is -0.507 e. The molecular formula is C34H34Cl2N6O5. The second kappa shape index (κ2) is 14.3. The Bertz CT molecular complexity index is 1800. The van der Waals surface area contributed by atoms with Crippen LogP contribution >= 0.6 is 23.2 Å². The molecule has 11 nitrogen and oxygen atoms in total. The van der Waals surface area contributed by atoms with Crippen LogP contribution < -0.4 is 15.6 Å². The van der Waals surface area contributed by atoms with Crippen LogP contribution in [0.3, 0.4) is 0 Å². The second-order valence-electron chi connectivity index (χ2n) is 11.6. The van der Waals surface area contributed by atoms with E-state index in [2.05, 4.69) is 15.8 Å². The number of unbranched alkanes of at least 4 members (excludes halogenated alkanes) is 1. The maximum absolute atomic E-state index is 13.9. The number of halogens is 2. The van der Waals surface area contributed by atoms with Crippen molar-refractivity contribution in [1.82, 2.24) is 15.4 Å². The summed E-state index contributed by atoms with van der Waals surface area (Å²) in [5, 5.41) is 31.4. The SMILES string of the molecule is CC1(C)C(N(O)C(=O)Nc2ccc(Cl)cc2)N(c2ccc(Cl)cc2)C(=O)N1CCCCC(=O)N/N=C\c1c(O)ccc2ccccc12. The number of aromatic hydroxyl groups is 1. The highest BCUT2D eigenvalue weighted by Gasteiger charge is 2.55. The molecule has 1 aliphatic heterocycles. The molecule has 1 unspecified atom stereocenters. The van der Waals surface area contributed by atoms with Crippen molar-refractivity contribution in [2.45, 2.75) is 44.8 Å². The molecule has 0 spiro atoms. The van der Waals surface area contributed by atoms with E-state index in [4.69, 9.17) is 23.2 Å². The van der Waals surface area contributed by atoms with Crippen molar-refractivity contribution in [3.63, 3.8) is 0 Å².